The maximum Gasteiger partial charge on any atom is 0.203 e. The van der Waals surface area contributed by atoms with Crippen molar-refractivity contribution in [1.82, 2.24) is 10.3 Å². The average Bonchev–Trinajstić information content (AvgIpc) is 2.60. The molecule has 0 fully saturated rings. The van der Waals surface area contributed by atoms with Crippen LogP contribution in [0.25, 0.3) is 0 Å². The summed E-state index contributed by atoms with van der Waals surface area (Å²) in [6.45, 7) is 2.49. The number of aromatic nitrogens is 1. The molecule has 0 radical (unpaired) electrons. The Bertz CT molecular complexity index is 680. The van der Waals surface area contributed by atoms with Crippen molar-refractivity contribution in [2.24, 2.45) is 0 Å². The monoisotopic (exact) mass is 347 g/mol. The van der Waals surface area contributed by atoms with E-state index in [1.165, 1.54) is 0 Å². The molecule has 2 rings (SSSR count). The van der Waals surface area contributed by atoms with Crippen molar-refractivity contribution in [1.29, 1.82) is 0 Å². The summed E-state index contributed by atoms with van der Waals surface area (Å²) >= 11 is 5.29. The molecule has 1 aromatic heterocycles. The zero-order chi connectivity index (χ0) is 17.5. The minimum Gasteiger partial charge on any atom is -0.493 e. The minimum absolute atomic E-state index is 0.486. The zero-order valence-electron chi connectivity index (χ0n) is 14.2. The van der Waals surface area contributed by atoms with E-state index in [1.54, 1.807) is 27.5 Å². The molecule has 0 saturated carbocycles. The molecule has 0 saturated heterocycles. The highest BCUT2D eigenvalue weighted by Gasteiger charge is 2.13. The van der Waals surface area contributed by atoms with Gasteiger partial charge in [-0.1, -0.05) is 6.07 Å². The first-order valence-corrected chi connectivity index (χ1v) is 7.74. The van der Waals surface area contributed by atoms with E-state index in [9.17, 15) is 0 Å². The first kappa shape index (κ1) is 17.8. The lowest BCUT2D eigenvalue weighted by Crippen LogP contribution is -2.28. The van der Waals surface area contributed by atoms with Crippen molar-refractivity contribution in [3.05, 3.63) is 41.6 Å². The van der Waals surface area contributed by atoms with E-state index in [0.29, 0.717) is 34.7 Å². The van der Waals surface area contributed by atoms with Crippen molar-refractivity contribution in [2.45, 2.75) is 13.5 Å². The lowest BCUT2D eigenvalue weighted by atomic mass is 10.2. The second kappa shape index (κ2) is 8.35. The summed E-state index contributed by atoms with van der Waals surface area (Å²) in [4.78, 5) is 4.26. The standard InChI is InChI=1S/C17H21N3O3S/c1-11-5-6-15(18-9-11)20-17(24)19-10-12-7-13(21-2)16(23-4)14(8-12)22-3/h5-9H,10H2,1-4H3,(H2,18,19,20,24). The summed E-state index contributed by atoms with van der Waals surface area (Å²) in [7, 11) is 4.75. The number of hydrogen-bond acceptors (Lipinski definition) is 5. The van der Waals surface area contributed by atoms with E-state index in [1.807, 2.05) is 31.2 Å². The number of ether oxygens (including phenoxy) is 3. The van der Waals surface area contributed by atoms with Gasteiger partial charge in [-0.15, -0.1) is 0 Å². The first-order valence-electron chi connectivity index (χ1n) is 7.33. The van der Waals surface area contributed by atoms with Crippen LogP contribution in [-0.4, -0.2) is 31.4 Å². The van der Waals surface area contributed by atoms with Crippen LogP contribution < -0.4 is 24.8 Å². The largest absolute Gasteiger partial charge is 0.493 e. The smallest absolute Gasteiger partial charge is 0.203 e. The molecule has 0 aliphatic rings. The summed E-state index contributed by atoms with van der Waals surface area (Å²) in [6, 6.07) is 7.60. The Kier molecular flexibility index (Phi) is 6.20. The second-order valence-corrected chi connectivity index (χ2v) is 5.47. The number of benzene rings is 1. The summed E-state index contributed by atoms with van der Waals surface area (Å²) in [5.74, 6) is 2.47. The number of nitrogens with zero attached hydrogens (tertiary/aromatic N) is 1. The third kappa shape index (κ3) is 4.48. The summed E-state index contributed by atoms with van der Waals surface area (Å²) in [5, 5.41) is 6.66. The van der Waals surface area contributed by atoms with Crippen LogP contribution >= 0.6 is 12.2 Å². The summed E-state index contributed by atoms with van der Waals surface area (Å²) in [6.07, 6.45) is 1.78. The van der Waals surface area contributed by atoms with Gasteiger partial charge in [0.15, 0.2) is 16.6 Å². The summed E-state index contributed by atoms with van der Waals surface area (Å²) < 4.78 is 16.0. The van der Waals surface area contributed by atoms with E-state index in [0.717, 1.165) is 11.1 Å². The van der Waals surface area contributed by atoms with Gasteiger partial charge in [0.2, 0.25) is 5.75 Å². The highest BCUT2D eigenvalue weighted by atomic mass is 32.1. The Balaban J connectivity index is 2.03. The third-order valence-corrected chi connectivity index (χ3v) is 3.58. The number of pyridine rings is 1. The molecule has 0 aliphatic heterocycles. The molecule has 0 spiro atoms. The third-order valence-electron chi connectivity index (χ3n) is 3.33. The summed E-state index contributed by atoms with van der Waals surface area (Å²) in [5.41, 5.74) is 2.04. The van der Waals surface area contributed by atoms with Crippen molar-refractivity contribution >= 4 is 23.1 Å². The fourth-order valence-corrected chi connectivity index (χ4v) is 2.30. The van der Waals surface area contributed by atoms with Crippen LogP contribution in [0.4, 0.5) is 5.82 Å². The minimum atomic E-state index is 0.486. The molecule has 2 aromatic rings. The molecule has 0 atom stereocenters. The lowest BCUT2D eigenvalue weighted by Gasteiger charge is -2.15. The van der Waals surface area contributed by atoms with Gasteiger partial charge in [0.1, 0.15) is 5.82 Å². The first-order chi connectivity index (χ1) is 11.6. The number of nitrogens with one attached hydrogen (secondary N) is 2. The van der Waals surface area contributed by atoms with E-state index in [-0.39, 0.29) is 0 Å². The Morgan fingerprint density at radius 1 is 1.08 bits per heavy atom. The number of rotatable bonds is 6. The van der Waals surface area contributed by atoms with Crippen molar-refractivity contribution in [3.8, 4) is 17.2 Å². The Morgan fingerprint density at radius 3 is 2.25 bits per heavy atom. The predicted octanol–water partition coefficient (Wildman–Crippen LogP) is 2.90. The Hall–Kier alpha value is -2.54. The van der Waals surface area contributed by atoms with Crippen molar-refractivity contribution < 1.29 is 14.2 Å². The predicted molar refractivity (Wildman–Crippen MR) is 98.1 cm³/mol. The Morgan fingerprint density at radius 2 is 1.75 bits per heavy atom. The van der Waals surface area contributed by atoms with Crippen LogP contribution in [0.3, 0.4) is 0 Å². The molecule has 7 heteroatoms. The van der Waals surface area contributed by atoms with Gasteiger partial charge in [0.05, 0.1) is 21.3 Å². The number of methoxy groups -OCH3 is 3. The van der Waals surface area contributed by atoms with Crippen LogP contribution in [0, 0.1) is 6.92 Å². The molecular formula is C17H21N3O3S. The van der Waals surface area contributed by atoms with Gasteiger partial charge in [-0.25, -0.2) is 4.98 Å². The number of aryl methyl sites for hydroxylation is 1. The number of anilines is 1. The molecular weight excluding hydrogens is 326 g/mol. The van der Waals surface area contributed by atoms with Gasteiger partial charge in [-0.05, 0) is 48.5 Å². The van der Waals surface area contributed by atoms with E-state index >= 15 is 0 Å². The average molecular weight is 347 g/mol. The van der Waals surface area contributed by atoms with Crippen LogP contribution in [0.15, 0.2) is 30.5 Å². The lowest BCUT2D eigenvalue weighted by molar-refractivity contribution is 0.323. The van der Waals surface area contributed by atoms with Crippen molar-refractivity contribution in [3.63, 3.8) is 0 Å². The van der Waals surface area contributed by atoms with Crippen LogP contribution in [0.1, 0.15) is 11.1 Å². The number of thiocarbonyl (C=S) groups is 1. The maximum atomic E-state index is 5.34. The van der Waals surface area contributed by atoms with Crippen LogP contribution in [0.2, 0.25) is 0 Å². The highest BCUT2D eigenvalue weighted by Crippen LogP contribution is 2.38. The van der Waals surface area contributed by atoms with E-state index < -0.39 is 0 Å². The van der Waals surface area contributed by atoms with Crippen LogP contribution in [0.5, 0.6) is 17.2 Å². The van der Waals surface area contributed by atoms with Gasteiger partial charge in [0.25, 0.3) is 0 Å². The van der Waals surface area contributed by atoms with Gasteiger partial charge in [-0.2, -0.15) is 0 Å². The molecule has 6 nitrogen and oxygen atoms in total. The highest BCUT2D eigenvalue weighted by molar-refractivity contribution is 7.80. The van der Waals surface area contributed by atoms with Gasteiger partial charge in [-0.3, -0.25) is 0 Å². The molecule has 0 bridgehead atoms. The van der Waals surface area contributed by atoms with Gasteiger partial charge < -0.3 is 24.8 Å². The molecule has 24 heavy (non-hydrogen) atoms. The van der Waals surface area contributed by atoms with Crippen LogP contribution in [-0.2, 0) is 6.54 Å². The maximum absolute atomic E-state index is 5.34. The topological polar surface area (TPSA) is 64.6 Å². The quantitative estimate of drug-likeness (QED) is 0.779. The fourth-order valence-electron chi connectivity index (χ4n) is 2.12. The molecule has 0 amide bonds. The number of hydrogen-bond donors (Lipinski definition) is 2. The van der Waals surface area contributed by atoms with E-state index in [2.05, 4.69) is 15.6 Å². The van der Waals surface area contributed by atoms with E-state index in [4.69, 9.17) is 26.4 Å². The normalized spacial score (nSPS) is 10.0. The van der Waals surface area contributed by atoms with Gasteiger partial charge in [0, 0.05) is 12.7 Å². The molecule has 1 heterocycles. The zero-order valence-corrected chi connectivity index (χ0v) is 15.0. The molecule has 0 unspecified atom stereocenters. The molecule has 1 aromatic carbocycles. The molecule has 0 aliphatic carbocycles. The SMILES string of the molecule is COc1cc(CNC(=S)Nc2ccc(C)cn2)cc(OC)c1OC. The Labute approximate surface area is 147 Å². The van der Waals surface area contributed by atoms with Crippen molar-refractivity contribution in [2.75, 3.05) is 26.6 Å². The molecule has 128 valence electrons. The van der Waals surface area contributed by atoms with Gasteiger partial charge >= 0.3 is 0 Å². The second-order valence-electron chi connectivity index (χ2n) is 5.06. The molecule has 2 N–H and O–H groups in total. The fraction of sp³-hybridized carbons (Fsp3) is 0.294.